The summed E-state index contributed by atoms with van der Waals surface area (Å²) in [7, 11) is 1.54. The van der Waals surface area contributed by atoms with Crippen LogP contribution < -0.4 is 21.0 Å². The van der Waals surface area contributed by atoms with E-state index in [0.717, 1.165) is 9.04 Å². The number of aryl methyl sites for hydroxylation is 1. The van der Waals surface area contributed by atoms with E-state index in [1.807, 2.05) is 0 Å². The second-order valence-electron chi connectivity index (χ2n) is 7.32. The van der Waals surface area contributed by atoms with Gasteiger partial charge in [-0.2, -0.15) is 10.1 Å². The first-order valence-corrected chi connectivity index (χ1v) is 10.6. The minimum absolute atomic E-state index is 0.115. The second-order valence-corrected chi connectivity index (χ2v) is 8.24. The summed E-state index contributed by atoms with van der Waals surface area (Å²) in [5.74, 6) is -0.428. The number of benzene rings is 2. The molecule has 1 amide bonds. The van der Waals surface area contributed by atoms with Gasteiger partial charge in [0.05, 0.1) is 29.8 Å². The van der Waals surface area contributed by atoms with Crippen LogP contribution in [0, 0.1) is 6.92 Å². The fraction of sp³-hybridized carbons (Fsp3) is 0.130. The van der Waals surface area contributed by atoms with Crippen molar-refractivity contribution >= 4 is 39.3 Å². The van der Waals surface area contributed by atoms with E-state index in [1.54, 1.807) is 63.4 Å². The van der Waals surface area contributed by atoms with Gasteiger partial charge < -0.3 is 9.84 Å². The molecule has 2 heterocycles. The Balaban J connectivity index is 1.80. The van der Waals surface area contributed by atoms with Crippen molar-refractivity contribution in [2.24, 2.45) is 5.10 Å². The molecule has 0 aliphatic carbocycles. The Morgan fingerprint density at radius 2 is 1.79 bits per heavy atom. The standard InChI is InChI=1S/C23H19BrN4O5/c1-12-10-14(24)4-9-19(12)27-21(30)18(20(29)25-23(27)32)11-17-13(2)26-28(22(17)31)15-5-7-16(33-3)8-6-15/h4-11,30H,1-3H3,(H,25,29,32)/b17-11+. The quantitative estimate of drug-likeness (QED) is 0.523. The van der Waals surface area contributed by atoms with Crippen molar-refractivity contribution in [3.05, 3.63) is 84.5 Å². The Morgan fingerprint density at radius 1 is 1.09 bits per heavy atom. The number of rotatable bonds is 4. The van der Waals surface area contributed by atoms with E-state index in [4.69, 9.17) is 4.74 Å². The molecule has 1 aliphatic rings. The summed E-state index contributed by atoms with van der Waals surface area (Å²) in [5.41, 5.74) is 0.208. The highest BCUT2D eigenvalue weighted by Crippen LogP contribution is 2.28. The Bertz CT molecular complexity index is 1450. The smallest absolute Gasteiger partial charge is 0.335 e. The van der Waals surface area contributed by atoms with Gasteiger partial charge in [-0.1, -0.05) is 15.9 Å². The number of amides is 1. The fourth-order valence-electron chi connectivity index (χ4n) is 3.49. The van der Waals surface area contributed by atoms with E-state index in [0.29, 0.717) is 28.4 Å². The number of hydrogen-bond donors (Lipinski definition) is 2. The molecule has 4 rings (SSSR count). The summed E-state index contributed by atoms with van der Waals surface area (Å²) >= 11 is 3.36. The number of halogens is 1. The molecule has 0 saturated heterocycles. The minimum atomic E-state index is -0.820. The van der Waals surface area contributed by atoms with Crippen LogP contribution in [-0.4, -0.2) is 33.4 Å². The van der Waals surface area contributed by atoms with Gasteiger partial charge in [-0.05, 0) is 68.0 Å². The van der Waals surface area contributed by atoms with Gasteiger partial charge in [0.1, 0.15) is 11.3 Å². The average Bonchev–Trinajstić information content (AvgIpc) is 3.06. The third kappa shape index (κ3) is 4.00. The number of nitrogens with zero attached hydrogens (tertiary/aromatic N) is 3. The van der Waals surface area contributed by atoms with Gasteiger partial charge in [-0.3, -0.25) is 14.6 Å². The molecule has 0 atom stereocenters. The van der Waals surface area contributed by atoms with Crippen LogP contribution >= 0.6 is 15.9 Å². The Hall–Kier alpha value is -3.92. The van der Waals surface area contributed by atoms with E-state index in [-0.39, 0.29) is 11.1 Å². The van der Waals surface area contributed by atoms with Crippen molar-refractivity contribution in [3.8, 4) is 17.3 Å². The molecule has 9 nitrogen and oxygen atoms in total. The molecule has 1 aromatic heterocycles. The average molecular weight is 511 g/mol. The normalized spacial score (nSPS) is 14.7. The van der Waals surface area contributed by atoms with Gasteiger partial charge >= 0.3 is 5.69 Å². The summed E-state index contributed by atoms with van der Waals surface area (Å²) in [4.78, 5) is 40.3. The number of hydrazone groups is 1. The van der Waals surface area contributed by atoms with Crippen LogP contribution in [0.15, 0.2) is 67.2 Å². The molecule has 0 spiro atoms. The number of nitrogens with one attached hydrogen (secondary N) is 1. The van der Waals surface area contributed by atoms with E-state index in [1.165, 1.54) is 11.1 Å². The Kier molecular flexibility index (Phi) is 5.77. The van der Waals surface area contributed by atoms with Crippen LogP contribution in [0.2, 0.25) is 0 Å². The highest BCUT2D eigenvalue weighted by Gasteiger charge is 2.30. The van der Waals surface area contributed by atoms with Crippen LogP contribution in [0.5, 0.6) is 11.6 Å². The van der Waals surface area contributed by atoms with Crippen molar-refractivity contribution in [1.29, 1.82) is 0 Å². The van der Waals surface area contributed by atoms with Gasteiger partial charge in [0, 0.05) is 4.47 Å². The minimum Gasteiger partial charge on any atom is -0.497 e. The molecule has 1 aliphatic heterocycles. The highest BCUT2D eigenvalue weighted by molar-refractivity contribution is 9.10. The molecule has 10 heteroatoms. The number of carbonyl (C=O) groups excluding carboxylic acids is 1. The first kappa shape index (κ1) is 22.3. The number of aromatic nitrogens is 2. The van der Waals surface area contributed by atoms with Crippen molar-refractivity contribution in [3.63, 3.8) is 0 Å². The fourth-order valence-corrected chi connectivity index (χ4v) is 3.96. The summed E-state index contributed by atoms with van der Waals surface area (Å²) < 4.78 is 6.92. The molecule has 0 fully saturated rings. The largest absolute Gasteiger partial charge is 0.497 e. The van der Waals surface area contributed by atoms with E-state index >= 15 is 0 Å². The summed E-state index contributed by atoms with van der Waals surface area (Å²) in [6.07, 6.45) is 1.24. The maximum absolute atomic E-state index is 13.1. The summed E-state index contributed by atoms with van der Waals surface area (Å²) in [6.45, 7) is 3.38. The molecule has 2 aromatic carbocycles. The van der Waals surface area contributed by atoms with Crippen molar-refractivity contribution in [2.75, 3.05) is 12.1 Å². The number of aromatic hydroxyl groups is 1. The number of methoxy groups -OCH3 is 1. The third-order valence-corrected chi connectivity index (χ3v) is 5.68. The van der Waals surface area contributed by atoms with Crippen LogP contribution in [0.4, 0.5) is 5.69 Å². The SMILES string of the molecule is COc1ccc(N2N=C(C)/C(=C\c3c(O)n(-c4ccc(Br)cc4C)c(=O)[nH]c3=O)C2=O)cc1. The maximum Gasteiger partial charge on any atom is 0.335 e. The summed E-state index contributed by atoms with van der Waals surface area (Å²) in [5, 5.41) is 16.4. The first-order valence-electron chi connectivity index (χ1n) is 9.82. The van der Waals surface area contributed by atoms with Gasteiger partial charge in [0.2, 0.25) is 5.88 Å². The van der Waals surface area contributed by atoms with Crippen LogP contribution in [0.1, 0.15) is 18.1 Å². The third-order valence-electron chi connectivity index (χ3n) is 5.19. The molecule has 33 heavy (non-hydrogen) atoms. The summed E-state index contributed by atoms with van der Waals surface area (Å²) in [6, 6.07) is 11.9. The maximum atomic E-state index is 13.1. The predicted molar refractivity (Wildman–Crippen MR) is 128 cm³/mol. The van der Waals surface area contributed by atoms with E-state index in [2.05, 4.69) is 26.0 Å². The zero-order valence-electron chi connectivity index (χ0n) is 17.9. The Morgan fingerprint density at radius 3 is 2.42 bits per heavy atom. The van der Waals surface area contributed by atoms with Crippen LogP contribution in [-0.2, 0) is 4.79 Å². The number of carbonyl (C=O) groups is 1. The Labute approximate surface area is 196 Å². The van der Waals surface area contributed by atoms with Crippen LogP contribution in [0.25, 0.3) is 11.8 Å². The highest BCUT2D eigenvalue weighted by atomic mass is 79.9. The number of H-pyrrole nitrogens is 1. The number of hydrogen-bond acceptors (Lipinski definition) is 6. The number of aromatic amines is 1. The molecule has 0 saturated carbocycles. The van der Waals surface area contributed by atoms with Gasteiger partial charge in [0.25, 0.3) is 11.5 Å². The van der Waals surface area contributed by atoms with Gasteiger partial charge in [-0.25, -0.2) is 9.36 Å². The molecule has 0 radical (unpaired) electrons. The van der Waals surface area contributed by atoms with E-state index in [9.17, 15) is 19.5 Å². The molecule has 2 N–H and O–H groups in total. The second kappa shape index (κ2) is 8.55. The monoisotopic (exact) mass is 510 g/mol. The zero-order chi connectivity index (χ0) is 23.9. The van der Waals surface area contributed by atoms with E-state index < -0.39 is 23.0 Å². The van der Waals surface area contributed by atoms with Crippen molar-refractivity contribution in [2.45, 2.75) is 13.8 Å². The zero-order valence-corrected chi connectivity index (χ0v) is 19.5. The number of ether oxygens (including phenoxy) is 1. The molecule has 0 bridgehead atoms. The van der Waals surface area contributed by atoms with Gasteiger partial charge in [0.15, 0.2) is 0 Å². The van der Waals surface area contributed by atoms with Crippen LogP contribution in [0.3, 0.4) is 0 Å². The molecular formula is C23H19BrN4O5. The lowest BCUT2D eigenvalue weighted by Crippen LogP contribution is -2.31. The lowest BCUT2D eigenvalue weighted by atomic mass is 10.1. The topological polar surface area (TPSA) is 117 Å². The van der Waals surface area contributed by atoms with Crippen molar-refractivity contribution in [1.82, 2.24) is 9.55 Å². The molecule has 168 valence electrons. The molecular weight excluding hydrogens is 492 g/mol. The molecule has 3 aromatic rings. The number of anilines is 1. The first-order chi connectivity index (χ1) is 15.7. The van der Waals surface area contributed by atoms with Crippen molar-refractivity contribution < 1.29 is 14.6 Å². The predicted octanol–water partition coefficient (Wildman–Crippen LogP) is 3.12. The van der Waals surface area contributed by atoms with Gasteiger partial charge in [-0.15, -0.1) is 0 Å². The lowest BCUT2D eigenvalue weighted by molar-refractivity contribution is -0.114. The molecule has 0 unspecified atom stereocenters. The lowest BCUT2D eigenvalue weighted by Gasteiger charge is -2.13.